The highest BCUT2D eigenvalue weighted by molar-refractivity contribution is 7.13. The van der Waals surface area contributed by atoms with Crippen molar-refractivity contribution in [1.29, 1.82) is 0 Å². The first-order chi connectivity index (χ1) is 12.9. The van der Waals surface area contributed by atoms with Gasteiger partial charge in [-0.25, -0.2) is 4.98 Å². The van der Waals surface area contributed by atoms with Crippen LogP contribution in [-0.2, 0) is 11.3 Å². The summed E-state index contributed by atoms with van der Waals surface area (Å²) in [7, 11) is 0. The summed E-state index contributed by atoms with van der Waals surface area (Å²) in [4.78, 5) is 19.2. The van der Waals surface area contributed by atoms with Gasteiger partial charge in [-0.05, 0) is 43.7 Å². The summed E-state index contributed by atoms with van der Waals surface area (Å²) >= 11 is 1.47. The fraction of sp³-hybridized carbons (Fsp3) is 0.524. The Morgan fingerprint density at radius 1 is 1.30 bits per heavy atom. The number of anilines is 1. The number of nitrogens with one attached hydrogen (secondary N) is 1. The summed E-state index contributed by atoms with van der Waals surface area (Å²) in [5, 5.41) is 5.51. The second kappa shape index (κ2) is 8.85. The van der Waals surface area contributed by atoms with E-state index in [1.54, 1.807) is 0 Å². The minimum absolute atomic E-state index is 0.0139. The predicted octanol–water partition coefficient (Wildman–Crippen LogP) is 4.26. The minimum Gasteiger partial charge on any atom is -0.483 e. The Balaban J connectivity index is 1.49. The van der Waals surface area contributed by atoms with Crippen molar-refractivity contribution in [2.45, 2.75) is 40.7 Å². The quantitative estimate of drug-likeness (QED) is 0.805. The Morgan fingerprint density at radius 3 is 2.74 bits per heavy atom. The molecule has 0 spiro atoms. The molecule has 1 fully saturated rings. The number of aryl methyl sites for hydroxylation is 2. The number of amides is 1. The van der Waals surface area contributed by atoms with Crippen LogP contribution in [0, 0.1) is 25.7 Å². The van der Waals surface area contributed by atoms with Gasteiger partial charge < -0.3 is 4.74 Å². The number of ether oxygens (including phenoxy) is 1. The normalized spacial score (nSPS) is 20.4. The summed E-state index contributed by atoms with van der Waals surface area (Å²) in [6.45, 7) is 11.7. The van der Waals surface area contributed by atoms with Crippen LogP contribution in [-0.4, -0.2) is 35.5 Å². The van der Waals surface area contributed by atoms with E-state index >= 15 is 0 Å². The van der Waals surface area contributed by atoms with Crippen LogP contribution in [0.4, 0.5) is 5.13 Å². The molecule has 5 nitrogen and oxygen atoms in total. The first kappa shape index (κ1) is 19.8. The van der Waals surface area contributed by atoms with Crippen molar-refractivity contribution in [3.05, 3.63) is 40.4 Å². The van der Waals surface area contributed by atoms with Gasteiger partial charge >= 0.3 is 0 Å². The first-order valence-corrected chi connectivity index (χ1v) is 10.4. The smallest absolute Gasteiger partial charge is 0.264 e. The molecule has 0 saturated carbocycles. The van der Waals surface area contributed by atoms with Gasteiger partial charge in [0, 0.05) is 25.0 Å². The van der Waals surface area contributed by atoms with Gasteiger partial charge in [-0.3, -0.25) is 15.0 Å². The number of likely N-dealkylation sites (tertiary alicyclic amines) is 1. The molecule has 1 N–H and O–H groups in total. The Bertz CT molecular complexity index is 779. The molecule has 1 aromatic carbocycles. The highest BCUT2D eigenvalue weighted by Crippen LogP contribution is 2.24. The molecular formula is C21H29N3O2S. The average Bonchev–Trinajstić information content (AvgIpc) is 3.00. The largest absolute Gasteiger partial charge is 0.483 e. The summed E-state index contributed by atoms with van der Waals surface area (Å²) in [6, 6.07) is 5.93. The number of piperidine rings is 1. The molecule has 1 aromatic heterocycles. The molecule has 1 amide bonds. The van der Waals surface area contributed by atoms with Crippen molar-refractivity contribution in [3.63, 3.8) is 0 Å². The standard InChI is InChI=1S/C21H29N3O2S/c1-14-5-6-19(17(4)8-14)26-12-20(25)23-21-22-18(13-27-21)11-24-9-15(2)7-16(3)10-24/h5-6,8,13,15-16H,7,9-12H2,1-4H3,(H,22,23,25)/t15-,16+. The number of carbonyl (C=O) groups is 1. The maximum Gasteiger partial charge on any atom is 0.264 e. The molecule has 2 aromatic rings. The minimum atomic E-state index is -0.184. The van der Waals surface area contributed by atoms with Crippen molar-refractivity contribution in [2.75, 3.05) is 25.0 Å². The fourth-order valence-corrected chi connectivity index (χ4v) is 4.56. The van der Waals surface area contributed by atoms with Crippen molar-refractivity contribution in [1.82, 2.24) is 9.88 Å². The maximum atomic E-state index is 12.2. The zero-order chi connectivity index (χ0) is 19.4. The van der Waals surface area contributed by atoms with Crippen molar-refractivity contribution >= 4 is 22.4 Å². The second-order valence-corrected chi connectivity index (χ2v) is 8.75. The Kier molecular flexibility index (Phi) is 6.50. The molecule has 3 rings (SSSR count). The number of hydrogen-bond acceptors (Lipinski definition) is 5. The number of aromatic nitrogens is 1. The van der Waals surface area contributed by atoms with Crippen LogP contribution >= 0.6 is 11.3 Å². The van der Waals surface area contributed by atoms with Gasteiger partial charge in [0.15, 0.2) is 11.7 Å². The van der Waals surface area contributed by atoms with Crippen molar-refractivity contribution in [3.8, 4) is 5.75 Å². The summed E-state index contributed by atoms with van der Waals surface area (Å²) in [6.07, 6.45) is 1.30. The van der Waals surface area contributed by atoms with Crippen molar-refractivity contribution in [2.24, 2.45) is 11.8 Å². The van der Waals surface area contributed by atoms with Crippen molar-refractivity contribution < 1.29 is 9.53 Å². The molecule has 0 bridgehead atoms. The molecule has 0 unspecified atom stereocenters. The van der Waals surface area contributed by atoms with E-state index in [4.69, 9.17) is 4.74 Å². The lowest BCUT2D eigenvalue weighted by Crippen LogP contribution is -2.38. The van der Waals surface area contributed by atoms with Gasteiger partial charge in [0.2, 0.25) is 0 Å². The summed E-state index contributed by atoms with van der Waals surface area (Å²) in [5.74, 6) is 2.02. The lowest BCUT2D eigenvalue weighted by Gasteiger charge is -2.34. The van der Waals surface area contributed by atoms with E-state index < -0.39 is 0 Å². The molecule has 1 aliphatic rings. The Hall–Kier alpha value is -1.92. The molecule has 2 heterocycles. The van der Waals surface area contributed by atoms with E-state index in [0.717, 1.165) is 48.5 Å². The Morgan fingerprint density at radius 2 is 2.04 bits per heavy atom. The van der Waals surface area contributed by atoms with Crippen LogP contribution in [0.15, 0.2) is 23.6 Å². The highest BCUT2D eigenvalue weighted by atomic mass is 32.1. The van der Waals surface area contributed by atoms with Crippen LogP contribution in [0.5, 0.6) is 5.75 Å². The van der Waals surface area contributed by atoms with Crippen LogP contribution in [0.2, 0.25) is 0 Å². The molecule has 2 atom stereocenters. The Labute approximate surface area is 165 Å². The number of carbonyl (C=O) groups excluding carboxylic acids is 1. The van der Waals surface area contributed by atoms with E-state index in [1.165, 1.54) is 23.3 Å². The molecule has 0 aliphatic carbocycles. The van der Waals surface area contributed by atoms with E-state index in [-0.39, 0.29) is 12.5 Å². The molecule has 6 heteroatoms. The van der Waals surface area contributed by atoms with Crippen LogP contribution in [0.1, 0.15) is 37.1 Å². The predicted molar refractivity (Wildman–Crippen MR) is 110 cm³/mol. The summed E-state index contributed by atoms with van der Waals surface area (Å²) in [5.41, 5.74) is 3.23. The molecular weight excluding hydrogens is 358 g/mol. The third-order valence-corrected chi connectivity index (χ3v) is 5.62. The highest BCUT2D eigenvalue weighted by Gasteiger charge is 2.22. The molecule has 146 valence electrons. The monoisotopic (exact) mass is 387 g/mol. The van der Waals surface area contributed by atoms with Crippen LogP contribution in [0.25, 0.3) is 0 Å². The number of rotatable bonds is 6. The SMILES string of the molecule is Cc1ccc(OCC(=O)Nc2nc(CN3C[C@H](C)C[C@H](C)C3)cs2)c(C)c1. The van der Waals surface area contributed by atoms with Gasteiger partial charge in [-0.2, -0.15) is 0 Å². The lowest BCUT2D eigenvalue weighted by molar-refractivity contribution is -0.118. The summed E-state index contributed by atoms with van der Waals surface area (Å²) < 4.78 is 5.63. The van der Waals surface area contributed by atoms with E-state index in [9.17, 15) is 4.79 Å². The number of thiazole rings is 1. The third kappa shape index (κ3) is 5.78. The van der Waals surface area contributed by atoms with Crippen LogP contribution < -0.4 is 10.1 Å². The number of hydrogen-bond donors (Lipinski definition) is 1. The number of benzene rings is 1. The molecule has 1 saturated heterocycles. The van der Waals surface area contributed by atoms with Crippen LogP contribution in [0.3, 0.4) is 0 Å². The van der Waals surface area contributed by atoms with E-state index in [0.29, 0.717) is 5.13 Å². The third-order valence-electron chi connectivity index (χ3n) is 4.82. The second-order valence-electron chi connectivity index (χ2n) is 7.89. The topological polar surface area (TPSA) is 54.5 Å². The van der Waals surface area contributed by atoms with Gasteiger partial charge in [0.1, 0.15) is 5.75 Å². The molecule has 1 aliphatic heterocycles. The molecule has 27 heavy (non-hydrogen) atoms. The van der Waals surface area contributed by atoms with E-state index in [1.807, 2.05) is 37.4 Å². The molecule has 0 radical (unpaired) electrons. The average molecular weight is 388 g/mol. The van der Waals surface area contributed by atoms with Gasteiger partial charge in [-0.1, -0.05) is 31.5 Å². The zero-order valence-corrected chi connectivity index (χ0v) is 17.4. The number of nitrogens with zero attached hydrogens (tertiary/aromatic N) is 2. The van der Waals surface area contributed by atoms with Gasteiger partial charge in [0.05, 0.1) is 5.69 Å². The lowest BCUT2D eigenvalue weighted by atomic mass is 9.92. The zero-order valence-electron chi connectivity index (χ0n) is 16.6. The maximum absolute atomic E-state index is 12.2. The van der Waals surface area contributed by atoms with Gasteiger partial charge in [-0.15, -0.1) is 11.3 Å². The van der Waals surface area contributed by atoms with E-state index in [2.05, 4.69) is 29.0 Å². The fourth-order valence-electron chi connectivity index (χ4n) is 3.85. The van der Waals surface area contributed by atoms with Gasteiger partial charge in [0.25, 0.3) is 5.91 Å². The first-order valence-electron chi connectivity index (χ1n) is 9.55.